The normalized spacial score (nSPS) is 12.0. The second-order valence-corrected chi connectivity index (χ2v) is 13.2. The van der Waals surface area contributed by atoms with Crippen LogP contribution in [0.25, 0.3) is 70.4 Å². The van der Waals surface area contributed by atoms with E-state index in [9.17, 15) is 0 Å². The van der Waals surface area contributed by atoms with Crippen LogP contribution in [0.4, 0.5) is 0 Å². The minimum absolute atomic E-state index is 0.472. The molecule has 0 spiro atoms. The highest BCUT2D eigenvalue weighted by atomic mass is 32.1. The van der Waals surface area contributed by atoms with Crippen LogP contribution in [0.1, 0.15) is 42.0 Å². The van der Waals surface area contributed by atoms with Gasteiger partial charge in [-0.25, -0.2) is 9.97 Å². The fourth-order valence-corrected chi connectivity index (χ4v) is 8.00. The van der Waals surface area contributed by atoms with Gasteiger partial charge in [0.15, 0.2) is 0 Å². The van der Waals surface area contributed by atoms with Crippen molar-refractivity contribution in [2.45, 2.75) is 40.5 Å². The second-order valence-electron chi connectivity index (χ2n) is 12.2. The minimum atomic E-state index is 0.472. The second kappa shape index (κ2) is 10.1. The van der Waals surface area contributed by atoms with Crippen molar-refractivity contribution in [3.63, 3.8) is 0 Å². The zero-order chi connectivity index (χ0) is 30.1. The first kappa shape index (κ1) is 26.8. The third-order valence-corrected chi connectivity index (χ3v) is 10.2. The van der Waals surface area contributed by atoms with Crippen LogP contribution < -0.4 is 0 Å². The number of hydrogen-bond acceptors (Lipinski definition) is 3. The summed E-state index contributed by atoms with van der Waals surface area (Å²) < 4.78 is 3.59. The van der Waals surface area contributed by atoms with E-state index in [0.717, 1.165) is 38.6 Å². The number of aromatic nitrogens is 3. The fraction of sp³-hybridized carbons (Fsp3) is 0.150. The molecule has 8 aromatic rings. The quantitative estimate of drug-likeness (QED) is 0.205. The average molecular weight is 588 g/mol. The van der Waals surface area contributed by atoms with Gasteiger partial charge in [0.05, 0.1) is 16.7 Å². The summed E-state index contributed by atoms with van der Waals surface area (Å²) in [7, 11) is 0. The lowest BCUT2D eigenvalue weighted by Gasteiger charge is -2.14. The maximum absolute atomic E-state index is 5.35. The molecular weight excluding hydrogens is 555 g/mol. The molecule has 3 aromatic heterocycles. The molecule has 0 radical (unpaired) electrons. The van der Waals surface area contributed by atoms with Crippen molar-refractivity contribution in [2.75, 3.05) is 0 Å². The van der Waals surface area contributed by atoms with Gasteiger partial charge in [-0.3, -0.25) is 4.57 Å². The van der Waals surface area contributed by atoms with Gasteiger partial charge in [0.1, 0.15) is 10.7 Å². The molecule has 0 fully saturated rings. The molecule has 0 N–H and O–H groups in total. The zero-order valence-corrected chi connectivity index (χ0v) is 26.5. The van der Waals surface area contributed by atoms with E-state index in [1.807, 2.05) is 0 Å². The molecule has 0 atom stereocenters. The average Bonchev–Trinajstić information content (AvgIpc) is 3.61. The Morgan fingerprint density at radius 3 is 2.20 bits per heavy atom. The van der Waals surface area contributed by atoms with Crippen LogP contribution in [0.15, 0.2) is 103 Å². The molecular formula is C40H33N3S. The predicted octanol–water partition coefficient (Wildman–Crippen LogP) is 11.3. The van der Waals surface area contributed by atoms with Crippen molar-refractivity contribution >= 4 is 53.4 Å². The van der Waals surface area contributed by atoms with Crippen LogP contribution in [-0.4, -0.2) is 14.5 Å². The number of aryl methyl sites for hydroxylation is 3. The smallest absolute Gasteiger partial charge is 0.147 e. The van der Waals surface area contributed by atoms with E-state index in [1.165, 1.54) is 54.1 Å². The number of thiophene rings is 1. The molecule has 0 amide bonds. The van der Waals surface area contributed by atoms with Crippen LogP contribution in [-0.2, 0) is 0 Å². The molecule has 214 valence electrons. The standard InChI is InChI=1S/C40H33N3S/c1-23(2)27-14-17-29(18-15-27)43-37-30-12-7-6-11-28(30)16-21-34(37)41-39(43)32-19-13-26(5)36-31-20-22-33(42-40(31)44-38(32)36)35-24(3)9-8-10-25(35)4/h6-23H,1-5H3. The van der Waals surface area contributed by atoms with Crippen LogP contribution in [0.5, 0.6) is 0 Å². The predicted molar refractivity (Wildman–Crippen MR) is 188 cm³/mol. The van der Waals surface area contributed by atoms with Gasteiger partial charge in [0, 0.05) is 37.7 Å². The van der Waals surface area contributed by atoms with Gasteiger partial charge in [0.25, 0.3) is 0 Å². The van der Waals surface area contributed by atoms with Crippen molar-refractivity contribution < 1.29 is 0 Å². The number of imidazole rings is 1. The third-order valence-electron chi connectivity index (χ3n) is 9.03. The molecule has 44 heavy (non-hydrogen) atoms. The Hall–Kier alpha value is -4.80. The topological polar surface area (TPSA) is 30.7 Å². The first-order chi connectivity index (χ1) is 21.4. The van der Waals surface area contributed by atoms with E-state index in [0.29, 0.717) is 5.92 Å². The van der Waals surface area contributed by atoms with Gasteiger partial charge < -0.3 is 0 Å². The largest absolute Gasteiger partial charge is 0.292 e. The molecule has 5 aromatic carbocycles. The van der Waals surface area contributed by atoms with Gasteiger partial charge in [-0.05, 0) is 90.7 Å². The highest BCUT2D eigenvalue weighted by Gasteiger charge is 2.22. The zero-order valence-electron chi connectivity index (χ0n) is 25.6. The van der Waals surface area contributed by atoms with Crippen molar-refractivity contribution in [3.8, 4) is 28.3 Å². The lowest BCUT2D eigenvalue weighted by molar-refractivity contribution is 0.865. The maximum atomic E-state index is 5.35. The Morgan fingerprint density at radius 1 is 0.659 bits per heavy atom. The van der Waals surface area contributed by atoms with Crippen LogP contribution in [0.3, 0.4) is 0 Å². The minimum Gasteiger partial charge on any atom is -0.292 e. The summed E-state index contributed by atoms with van der Waals surface area (Å²) in [6, 6.07) is 37.4. The van der Waals surface area contributed by atoms with E-state index in [-0.39, 0.29) is 0 Å². The van der Waals surface area contributed by atoms with Crippen molar-refractivity contribution in [3.05, 3.63) is 125 Å². The van der Waals surface area contributed by atoms with E-state index >= 15 is 0 Å². The molecule has 0 saturated heterocycles. The van der Waals surface area contributed by atoms with Gasteiger partial charge in [0.2, 0.25) is 0 Å². The monoisotopic (exact) mass is 587 g/mol. The number of benzene rings is 5. The number of pyridine rings is 1. The Morgan fingerprint density at radius 2 is 1.43 bits per heavy atom. The van der Waals surface area contributed by atoms with Crippen LogP contribution >= 0.6 is 11.3 Å². The van der Waals surface area contributed by atoms with E-state index in [1.54, 1.807) is 11.3 Å². The first-order valence-electron chi connectivity index (χ1n) is 15.3. The fourth-order valence-electron chi connectivity index (χ4n) is 6.74. The number of fused-ring (bicyclic) bond motifs is 6. The lowest BCUT2D eigenvalue weighted by Crippen LogP contribution is -1.99. The summed E-state index contributed by atoms with van der Waals surface area (Å²) in [6.07, 6.45) is 0. The summed E-state index contributed by atoms with van der Waals surface area (Å²) >= 11 is 1.78. The van der Waals surface area contributed by atoms with Gasteiger partial charge in [-0.2, -0.15) is 0 Å². The number of hydrogen-bond donors (Lipinski definition) is 0. The van der Waals surface area contributed by atoms with Crippen LogP contribution in [0.2, 0.25) is 0 Å². The molecule has 0 aliphatic carbocycles. The SMILES string of the molecule is Cc1cccc(C)c1-c1ccc2c(n1)sc1c(-c3nc4ccc5ccccc5c4n3-c3ccc(C(C)C)cc3)ccc(C)c12. The van der Waals surface area contributed by atoms with Crippen LogP contribution in [0, 0.1) is 20.8 Å². The Kier molecular flexibility index (Phi) is 6.18. The Bertz CT molecular complexity index is 2370. The van der Waals surface area contributed by atoms with Gasteiger partial charge in [-0.15, -0.1) is 11.3 Å². The van der Waals surface area contributed by atoms with Gasteiger partial charge in [-0.1, -0.05) is 80.6 Å². The first-order valence-corrected chi connectivity index (χ1v) is 16.1. The summed E-state index contributed by atoms with van der Waals surface area (Å²) in [6.45, 7) is 11.0. The number of nitrogens with zero attached hydrogens (tertiary/aromatic N) is 3. The molecule has 0 bridgehead atoms. The van der Waals surface area contributed by atoms with Crippen molar-refractivity contribution in [1.29, 1.82) is 0 Å². The van der Waals surface area contributed by atoms with Gasteiger partial charge >= 0.3 is 0 Å². The highest BCUT2D eigenvalue weighted by molar-refractivity contribution is 7.26. The van der Waals surface area contributed by atoms with E-state index in [4.69, 9.17) is 9.97 Å². The molecule has 3 nitrogen and oxygen atoms in total. The summed E-state index contributed by atoms with van der Waals surface area (Å²) in [4.78, 5) is 11.7. The summed E-state index contributed by atoms with van der Waals surface area (Å²) in [5.41, 5.74) is 11.7. The molecule has 4 heteroatoms. The molecule has 0 aliphatic heterocycles. The van der Waals surface area contributed by atoms with Crippen molar-refractivity contribution in [1.82, 2.24) is 14.5 Å². The number of rotatable bonds is 4. The maximum Gasteiger partial charge on any atom is 0.147 e. The molecule has 8 rings (SSSR count). The molecule has 0 saturated carbocycles. The highest BCUT2D eigenvalue weighted by Crippen LogP contribution is 2.43. The molecule has 3 heterocycles. The third kappa shape index (κ3) is 4.09. The molecule has 0 aliphatic rings. The Labute approximate surface area is 261 Å². The van der Waals surface area contributed by atoms with E-state index in [2.05, 4.69) is 142 Å². The lowest BCUT2D eigenvalue weighted by atomic mass is 9.99. The van der Waals surface area contributed by atoms with E-state index < -0.39 is 0 Å². The summed E-state index contributed by atoms with van der Waals surface area (Å²) in [5, 5.41) is 4.89. The Balaban J connectivity index is 1.43. The van der Waals surface area contributed by atoms with Crippen molar-refractivity contribution in [2.24, 2.45) is 0 Å². The molecule has 0 unspecified atom stereocenters. The summed E-state index contributed by atoms with van der Waals surface area (Å²) in [5.74, 6) is 1.43.